The van der Waals surface area contributed by atoms with Crippen LogP contribution >= 0.6 is 11.3 Å². The van der Waals surface area contributed by atoms with E-state index in [-0.39, 0.29) is 0 Å². The topological polar surface area (TPSA) is 54.0 Å². The second kappa shape index (κ2) is 4.97. The van der Waals surface area contributed by atoms with E-state index in [1.165, 1.54) is 47.4 Å². The first-order chi connectivity index (χ1) is 10.3. The van der Waals surface area contributed by atoms with Crippen LogP contribution < -0.4 is 0 Å². The molecule has 1 aliphatic carbocycles. The molecule has 0 N–H and O–H groups in total. The lowest BCUT2D eigenvalue weighted by Crippen LogP contribution is -1.88. The summed E-state index contributed by atoms with van der Waals surface area (Å²) < 4.78 is 1.96. The van der Waals surface area contributed by atoms with Gasteiger partial charge in [0.15, 0.2) is 11.5 Å². The number of fused-ring (bicyclic) bond motifs is 2. The zero-order valence-corrected chi connectivity index (χ0v) is 12.4. The van der Waals surface area contributed by atoms with Gasteiger partial charge in [-0.1, -0.05) is 6.42 Å². The standard InChI is InChI=1S/C16H14N4S/c17-10-11-6-7-20-15(8-11)18-19-16(20)14-9-12-4-2-1-3-5-13(12)21-14/h6-9H,1-5H2. The molecular weight excluding hydrogens is 280 g/mol. The summed E-state index contributed by atoms with van der Waals surface area (Å²) in [6, 6.07) is 7.99. The average molecular weight is 294 g/mol. The molecule has 5 heteroatoms. The van der Waals surface area contributed by atoms with Crippen LogP contribution in [-0.2, 0) is 12.8 Å². The smallest absolute Gasteiger partial charge is 0.178 e. The predicted octanol–water partition coefficient (Wildman–Crippen LogP) is 3.60. The Balaban J connectivity index is 1.82. The number of nitrogens with zero attached hydrogens (tertiary/aromatic N) is 4. The van der Waals surface area contributed by atoms with Gasteiger partial charge in [0, 0.05) is 17.1 Å². The van der Waals surface area contributed by atoms with E-state index in [1.807, 2.05) is 21.9 Å². The van der Waals surface area contributed by atoms with Crippen LogP contribution in [0, 0.1) is 11.3 Å². The molecule has 0 aromatic carbocycles. The maximum absolute atomic E-state index is 8.95. The number of thiophene rings is 1. The molecule has 0 atom stereocenters. The van der Waals surface area contributed by atoms with Crippen LogP contribution in [0.25, 0.3) is 16.3 Å². The summed E-state index contributed by atoms with van der Waals surface area (Å²) in [5, 5.41) is 17.5. The molecule has 1 aliphatic rings. The van der Waals surface area contributed by atoms with Crippen molar-refractivity contribution in [3.63, 3.8) is 0 Å². The summed E-state index contributed by atoms with van der Waals surface area (Å²) in [6.07, 6.45) is 8.17. The van der Waals surface area contributed by atoms with E-state index in [0.717, 1.165) is 11.5 Å². The van der Waals surface area contributed by atoms with Crippen molar-refractivity contribution in [1.82, 2.24) is 14.6 Å². The lowest BCUT2D eigenvalue weighted by Gasteiger charge is -1.97. The number of pyridine rings is 1. The van der Waals surface area contributed by atoms with E-state index in [9.17, 15) is 0 Å². The van der Waals surface area contributed by atoms with E-state index in [4.69, 9.17) is 5.26 Å². The van der Waals surface area contributed by atoms with Crippen molar-refractivity contribution in [2.75, 3.05) is 0 Å². The Bertz CT molecular complexity index is 829. The van der Waals surface area contributed by atoms with Crippen LogP contribution in [0.2, 0.25) is 0 Å². The third-order valence-electron chi connectivity index (χ3n) is 4.01. The highest BCUT2D eigenvalue weighted by Gasteiger charge is 2.16. The highest BCUT2D eigenvalue weighted by atomic mass is 32.1. The minimum Gasteiger partial charge on any atom is -0.282 e. The van der Waals surface area contributed by atoms with Gasteiger partial charge in [-0.05, 0) is 43.4 Å². The molecule has 104 valence electrons. The molecule has 0 spiro atoms. The molecule has 0 radical (unpaired) electrons. The fraction of sp³-hybridized carbons (Fsp3) is 0.312. The highest BCUT2D eigenvalue weighted by molar-refractivity contribution is 7.15. The Labute approximate surface area is 126 Å². The van der Waals surface area contributed by atoms with Gasteiger partial charge in [0.05, 0.1) is 16.5 Å². The molecule has 0 amide bonds. The van der Waals surface area contributed by atoms with E-state index in [2.05, 4.69) is 22.3 Å². The van der Waals surface area contributed by atoms with Gasteiger partial charge in [0.25, 0.3) is 0 Å². The van der Waals surface area contributed by atoms with E-state index in [1.54, 1.807) is 12.1 Å². The molecule has 0 fully saturated rings. The number of aryl methyl sites for hydroxylation is 2. The van der Waals surface area contributed by atoms with Crippen molar-refractivity contribution < 1.29 is 0 Å². The Morgan fingerprint density at radius 1 is 1.14 bits per heavy atom. The van der Waals surface area contributed by atoms with Crippen molar-refractivity contribution in [3.05, 3.63) is 40.4 Å². The lowest BCUT2D eigenvalue weighted by molar-refractivity contribution is 0.712. The minimum absolute atomic E-state index is 0.614. The third-order valence-corrected chi connectivity index (χ3v) is 5.24. The van der Waals surface area contributed by atoms with Crippen LogP contribution in [0.1, 0.15) is 35.3 Å². The molecular formula is C16H14N4S. The predicted molar refractivity (Wildman–Crippen MR) is 82.3 cm³/mol. The molecule has 4 rings (SSSR count). The molecule has 3 aromatic rings. The summed E-state index contributed by atoms with van der Waals surface area (Å²) in [7, 11) is 0. The van der Waals surface area contributed by atoms with Crippen molar-refractivity contribution in [1.29, 1.82) is 5.26 Å². The fourth-order valence-corrected chi connectivity index (χ4v) is 4.14. The first kappa shape index (κ1) is 12.5. The van der Waals surface area contributed by atoms with Crippen molar-refractivity contribution in [2.45, 2.75) is 32.1 Å². The second-order valence-corrected chi connectivity index (χ2v) is 6.54. The van der Waals surface area contributed by atoms with Crippen LogP contribution in [0.5, 0.6) is 0 Å². The van der Waals surface area contributed by atoms with Crippen LogP contribution in [0.3, 0.4) is 0 Å². The van der Waals surface area contributed by atoms with Gasteiger partial charge >= 0.3 is 0 Å². The normalized spacial score (nSPS) is 14.6. The monoisotopic (exact) mass is 294 g/mol. The van der Waals surface area contributed by atoms with Gasteiger partial charge < -0.3 is 0 Å². The molecule has 3 aromatic heterocycles. The largest absolute Gasteiger partial charge is 0.282 e. The molecule has 0 saturated carbocycles. The number of hydrogen-bond donors (Lipinski definition) is 0. The third kappa shape index (κ3) is 2.12. The summed E-state index contributed by atoms with van der Waals surface area (Å²) in [5.74, 6) is 0.882. The van der Waals surface area contributed by atoms with Gasteiger partial charge in [-0.3, -0.25) is 4.40 Å². The van der Waals surface area contributed by atoms with Crippen molar-refractivity contribution in [3.8, 4) is 16.8 Å². The van der Waals surface area contributed by atoms with E-state index < -0.39 is 0 Å². The SMILES string of the molecule is N#Cc1ccn2c(-c3cc4c(s3)CCCCC4)nnc2c1. The van der Waals surface area contributed by atoms with Crippen LogP contribution in [0.4, 0.5) is 0 Å². The highest BCUT2D eigenvalue weighted by Crippen LogP contribution is 2.34. The first-order valence-electron chi connectivity index (χ1n) is 7.22. The summed E-state index contributed by atoms with van der Waals surface area (Å²) in [5.41, 5.74) is 2.83. The van der Waals surface area contributed by atoms with Crippen molar-refractivity contribution in [2.24, 2.45) is 0 Å². The van der Waals surface area contributed by atoms with E-state index >= 15 is 0 Å². The summed E-state index contributed by atoms with van der Waals surface area (Å²) in [4.78, 5) is 2.69. The molecule has 3 heterocycles. The molecule has 0 saturated heterocycles. The minimum atomic E-state index is 0.614. The summed E-state index contributed by atoms with van der Waals surface area (Å²) in [6.45, 7) is 0. The lowest BCUT2D eigenvalue weighted by atomic mass is 10.1. The number of aromatic nitrogens is 3. The van der Waals surface area contributed by atoms with Gasteiger partial charge in [-0.25, -0.2) is 0 Å². The maximum atomic E-state index is 8.95. The first-order valence-corrected chi connectivity index (χ1v) is 8.03. The number of hydrogen-bond acceptors (Lipinski definition) is 4. The molecule has 0 unspecified atom stereocenters. The Hall–Kier alpha value is -2.19. The molecule has 4 nitrogen and oxygen atoms in total. The van der Waals surface area contributed by atoms with Gasteiger partial charge in [-0.15, -0.1) is 21.5 Å². The fourth-order valence-electron chi connectivity index (χ4n) is 2.91. The zero-order valence-electron chi connectivity index (χ0n) is 11.5. The summed E-state index contributed by atoms with van der Waals surface area (Å²) >= 11 is 1.84. The molecule has 21 heavy (non-hydrogen) atoms. The zero-order chi connectivity index (χ0) is 14.2. The Kier molecular flexibility index (Phi) is 2.97. The van der Waals surface area contributed by atoms with Gasteiger partial charge in [0.1, 0.15) is 0 Å². The molecule has 0 bridgehead atoms. The maximum Gasteiger partial charge on any atom is 0.178 e. The quantitative estimate of drug-likeness (QED) is 0.644. The Morgan fingerprint density at radius 2 is 2.05 bits per heavy atom. The van der Waals surface area contributed by atoms with Crippen LogP contribution in [-0.4, -0.2) is 14.6 Å². The van der Waals surface area contributed by atoms with Gasteiger partial charge in [-0.2, -0.15) is 5.26 Å². The second-order valence-electron chi connectivity index (χ2n) is 5.40. The number of rotatable bonds is 1. The van der Waals surface area contributed by atoms with Crippen LogP contribution in [0.15, 0.2) is 24.4 Å². The average Bonchev–Trinajstić information content (AvgIpc) is 3.04. The Morgan fingerprint density at radius 3 is 2.95 bits per heavy atom. The van der Waals surface area contributed by atoms with Gasteiger partial charge in [0.2, 0.25) is 0 Å². The van der Waals surface area contributed by atoms with E-state index in [0.29, 0.717) is 5.56 Å². The molecule has 0 aliphatic heterocycles. The van der Waals surface area contributed by atoms with Crippen molar-refractivity contribution >= 4 is 17.0 Å². The number of nitriles is 1.